The number of hydrogen-bond donors (Lipinski definition) is 1. The molecule has 1 aromatic carbocycles. The minimum absolute atomic E-state index is 0.181. The van der Waals surface area contributed by atoms with E-state index < -0.39 is 0 Å². The van der Waals surface area contributed by atoms with Gasteiger partial charge in [-0.3, -0.25) is 4.79 Å². The first-order valence-electron chi connectivity index (χ1n) is 8.25. The topological polar surface area (TPSA) is 68.5 Å². The van der Waals surface area contributed by atoms with Crippen molar-refractivity contribution in [2.45, 2.75) is 38.3 Å². The van der Waals surface area contributed by atoms with Crippen molar-refractivity contribution in [3.05, 3.63) is 68.1 Å². The molecular formula is C19H20ClNO4. The molecule has 0 aliphatic heterocycles. The fourth-order valence-electron chi connectivity index (χ4n) is 3.02. The van der Waals surface area contributed by atoms with Crippen LogP contribution in [0.5, 0.6) is 0 Å². The maximum atomic E-state index is 12.4. The summed E-state index contributed by atoms with van der Waals surface area (Å²) in [4.78, 5) is 23.9. The Morgan fingerprint density at radius 3 is 2.56 bits per heavy atom. The van der Waals surface area contributed by atoms with E-state index >= 15 is 0 Å². The number of carbonyl (C=O) groups is 1. The SMILES string of the molecule is COC(=O)c1ccc(CCn2c(CO)c(C3CC3)cc(Cl)c2=O)cc1. The summed E-state index contributed by atoms with van der Waals surface area (Å²) in [6.07, 6.45) is 2.73. The summed E-state index contributed by atoms with van der Waals surface area (Å²) in [7, 11) is 1.34. The van der Waals surface area contributed by atoms with Crippen LogP contribution in [-0.2, 0) is 24.3 Å². The Bertz CT molecular complexity index is 838. The summed E-state index contributed by atoms with van der Waals surface area (Å²) in [5.74, 6) is 0.0140. The molecule has 25 heavy (non-hydrogen) atoms. The van der Waals surface area contributed by atoms with Crippen LogP contribution in [0.1, 0.15) is 45.9 Å². The smallest absolute Gasteiger partial charge is 0.337 e. The molecule has 3 rings (SSSR count). The number of aliphatic hydroxyl groups excluding tert-OH is 1. The molecule has 0 bridgehead atoms. The van der Waals surface area contributed by atoms with E-state index in [1.54, 1.807) is 22.8 Å². The van der Waals surface area contributed by atoms with Crippen LogP contribution in [0.25, 0.3) is 0 Å². The summed E-state index contributed by atoms with van der Waals surface area (Å²) in [5, 5.41) is 9.95. The van der Waals surface area contributed by atoms with Gasteiger partial charge < -0.3 is 14.4 Å². The van der Waals surface area contributed by atoms with Gasteiger partial charge in [-0.15, -0.1) is 0 Å². The third kappa shape index (κ3) is 3.78. The molecule has 0 atom stereocenters. The average molecular weight is 362 g/mol. The highest BCUT2D eigenvalue weighted by Gasteiger charge is 2.28. The standard InChI is InChI=1S/C19H20ClNO4/c1-25-19(24)14-4-2-12(3-5-14)8-9-21-17(11-22)15(13-6-7-13)10-16(20)18(21)23/h2-5,10,13,22H,6-9,11H2,1H3. The largest absolute Gasteiger partial charge is 0.465 e. The number of esters is 1. The highest BCUT2D eigenvalue weighted by molar-refractivity contribution is 6.30. The van der Waals surface area contributed by atoms with E-state index in [0.717, 1.165) is 24.0 Å². The summed E-state index contributed by atoms with van der Waals surface area (Å²) >= 11 is 6.11. The van der Waals surface area contributed by atoms with E-state index in [0.29, 0.717) is 30.1 Å². The van der Waals surface area contributed by atoms with Crippen molar-refractivity contribution >= 4 is 17.6 Å². The van der Waals surface area contributed by atoms with Crippen molar-refractivity contribution in [2.75, 3.05) is 7.11 Å². The summed E-state index contributed by atoms with van der Waals surface area (Å²) in [6, 6.07) is 8.77. The van der Waals surface area contributed by atoms with E-state index in [4.69, 9.17) is 11.6 Å². The number of aryl methyl sites for hydroxylation is 1. The summed E-state index contributed by atoms with van der Waals surface area (Å²) < 4.78 is 6.25. The Morgan fingerprint density at radius 1 is 1.32 bits per heavy atom. The van der Waals surface area contributed by atoms with Crippen LogP contribution < -0.4 is 5.56 Å². The number of pyridine rings is 1. The zero-order valence-corrected chi connectivity index (χ0v) is 14.8. The molecule has 1 aromatic heterocycles. The van der Waals surface area contributed by atoms with Gasteiger partial charge in [0.15, 0.2) is 0 Å². The fourth-order valence-corrected chi connectivity index (χ4v) is 3.24. The predicted octanol–water partition coefficient (Wildman–Crippen LogP) is 2.90. The molecule has 1 aliphatic rings. The van der Waals surface area contributed by atoms with Gasteiger partial charge in [0.1, 0.15) is 5.02 Å². The third-order valence-electron chi connectivity index (χ3n) is 4.56. The van der Waals surface area contributed by atoms with Crippen LogP contribution in [0.2, 0.25) is 5.02 Å². The van der Waals surface area contributed by atoms with Gasteiger partial charge in [-0.1, -0.05) is 23.7 Å². The maximum Gasteiger partial charge on any atom is 0.337 e. The van der Waals surface area contributed by atoms with E-state index in [9.17, 15) is 14.7 Å². The van der Waals surface area contributed by atoms with Crippen molar-refractivity contribution in [2.24, 2.45) is 0 Å². The summed E-state index contributed by atoms with van der Waals surface area (Å²) in [5.41, 5.74) is 2.83. The molecule has 1 N–H and O–H groups in total. The molecule has 2 aromatic rings. The maximum absolute atomic E-state index is 12.4. The van der Waals surface area contributed by atoms with E-state index in [1.807, 2.05) is 12.1 Å². The van der Waals surface area contributed by atoms with Gasteiger partial charge in [0.05, 0.1) is 25.0 Å². The van der Waals surface area contributed by atoms with E-state index in [1.165, 1.54) is 7.11 Å². The van der Waals surface area contributed by atoms with E-state index in [2.05, 4.69) is 4.74 Å². The first-order chi connectivity index (χ1) is 12.0. The Hall–Kier alpha value is -2.11. The van der Waals surface area contributed by atoms with Gasteiger partial charge in [0.25, 0.3) is 5.56 Å². The van der Waals surface area contributed by atoms with Crippen LogP contribution in [-0.4, -0.2) is 22.8 Å². The highest BCUT2D eigenvalue weighted by Crippen LogP contribution is 2.42. The van der Waals surface area contributed by atoms with Crippen LogP contribution in [0.3, 0.4) is 0 Å². The molecular weight excluding hydrogens is 342 g/mol. The van der Waals surface area contributed by atoms with Crippen LogP contribution >= 0.6 is 11.6 Å². The lowest BCUT2D eigenvalue weighted by Gasteiger charge is -2.16. The number of ether oxygens (including phenoxy) is 1. The van der Waals surface area contributed by atoms with Gasteiger partial charge >= 0.3 is 5.97 Å². The Balaban J connectivity index is 1.83. The number of nitrogens with zero attached hydrogens (tertiary/aromatic N) is 1. The molecule has 1 saturated carbocycles. The number of rotatable bonds is 6. The lowest BCUT2D eigenvalue weighted by molar-refractivity contribution is 0.0600. The molecule has 1 aliphatic carbocycles. The third-order valence-corrected chi connectivity index (χ3v) is 4.83. The first-order valence-corrected chi connectivity index (χ1v) is 8.63. The number of aromatic nitrogens is 1. The number of carbonyl (C=O) groups excluding carboxylic acids is 1. The molecule has 132 valence electrons. The first kappa shape index (κ1) is 17.7. The number of halogens is 1. The van der Waals surface area contributed by atoms with Crippen LogP contribution in [0, 0.1) is 0 Å². The second-order valence-corrected chi connectivity index (χ2v) is 6.63. The Labute approximate surface area is 150 Å². The minimum Gasteiger partial charge on any atom is -0.465 e. The molecule has 0 saturated heterocycles. The molecule has 1 fully saturated rings. The zero-order valence-electron chi connectivity index (χ0n) is 14.0. The number of methoxy groups -OCH3 is 1. The van der Waals surface area contributed by atoms with E-state index in [-0.39, 0.29) is 23.2 Å². The van der Waals surface area contributed by atoms with Crippen molar-refractivity contribution in [1.29, 1.82) is 0 Å². The monoisotopic (exact) mass is 361 g/mol. The summed E-state index contributed by atoms with van der Waals surface area (Å²) in [6.45, 7) is 0.242. The van der Waals surface area contributed by atoms with Crippen molar-refractivity contribution in [1.82, 2.24) is 4.57 Å². The molecule has 0 spiro atoms. The van der Waals surface area contributed by atoms with Gasteiger partial charge in [-0.2, -0.15) is 0 Å². The number of aliphatic hydroxyl groups is 1. The normalized spacial score (nSPS) is 13.7. The van der Waals surface area contributed by atoms with Crippen molar-refractivity contribution < 1.29 is 14.6 Å². The van der Waals surface area contributed by atoms with Gasteiger partial charge in [-0.25, -0.2) is 4.79 Å². The van der Waals surface area contributed by atoms with Crippen LogP contribution in [0.4, 0.5) is 0 Å². The molecule has 6 heteroatoms. The molecule has 0 unspecified atom stereocenters. The highest BCUT2D eigenvalue weighted by atomic mass is 35.5. The second kappa shape index (κ2) is 7.42. The van der Waals surface area contributed by atoms with Gasteiger partial charge in [0.2, 0.25) is 0 Å². The lowest BCUT2D eigenvalue weighted by atomic mass is 10.1. The molecule has 5 nitrogen and oxygen atoms in total. The quantitative estimate of drug-likeness (QED) is 0.803. The number of hydrogen-bond acceptors (Lipinski definition) is 4. The van der Waals surface area contributed by atoms with Crippen molar-refractivity contribution in [3.8, 4) is 0 Å². The molecule has 0 radical (unpaired) electrons. The predicted molar refractivity (Wildman–Crippen MR) is 95.1 cm³/mol. The second-order valence-electron chi connectivity index (χ2n) is 6.22. The van der Waals surface area contributed by atoms with Crippen molar-refractivity contribution in [3.63, 3.8) is 0 Å². The zero-order chi connectivity index (χ0) is 18.0. The molecule has 1 heterocycles. The fraction of sp³-hybridized carbons (Fsp3) is 0.368. The van der Waals surface area contributed by atoms with Gasteiger partial charge in [-0.05, 0) is 54.5 Å². The minimum atomic E-state index is -0.380. The Kier molecular flexibility index (Phi) is 5.25. The molecule has 0 amide bonds. The Morgan fingerprint density at radius 2 is 2.00 bits per heavy atom. The van der Waals surface area contributed by atoms with Crippen LogP contribution in [0.15, 0.2) is 35.1 Å². The number of benzene rings is 1. The lowest BCUT2D eigenvalue weighted by Crippen LogP contribution is -2.26. The average Bonchev–Trinajstić information content (AvgIpc) is 3.47. The van der Waals surface area contributed by atoms with Gasteiger partial charge in [0, 0.05) is 6.54 Å².